The van der Waals surface area contributed by atoms with Crippen molar-refractivity contribution in [2.45, 2.75) is 25.0 Å². The van der Waals surface area contributed by atoms with Gasteiger partial charge in [0.15, 0.2) is 0 Å². The maximum absolute atomic E-state index is 12.8. The van der Waals surface area contributed by atoms with Gasteiger partial charge in [-0.25, -0.2) is 0 Å². The van der Waals surface area contributed by atoms with Crippen LogP contribution in [0.5, 0.6) is 0 Å². The number of halogens is 3. The normalized spacial score (nSPS) is 13.1. The second-order valence-corrected chi connectivity index (χ2v) is 8.74. The topological polar surface area (TPSA) is 55.4 Å². The van der Waals surface area contributed by atoms with Crippen LogP contribution in [0.25, 0.3) is 0 Å². The molecule has 10 heteroatoms. The van der Waals surface area contributed by atoms with Crippen LogP contribution in [0.1, 0.15) is 20.8 Å². The monoisotopic (exact) mass is 372 g/mol. The molecule has 0 saturated carbocycles. The molecule has 0 unspecified atom stereocenters. The zero-order chi connectivity index (χ0) is 13.4. The first-order chi connectivity index (χ1) is 7.93. The molecule has 0 bridgehead atoms. The Morgan fingerprint density at radius 1 is 0.765 bits per heavy atom. The summed E-state index contributed by atoms with van der Waals surface area (Å²) in [6.07, 6.45) is 0. The fourth-order valence-corrected chi connectivity index (χ4v) is 3.98. The van der Waals surface area contributed by atoms with Crippen LogP contribution >= 0.6 is 0 Å². The molecule has 0 heterocycles. The Hall–Kier alpha value is 0.349. The van der Waals surface area contributed by atoms with Gasteiger partial charge in [-0.2, -0.15) is 0 Å². The average molecular weight is 371 g/mol. The van der Waals surface area contributed by atoms with E-state index in [1.165, 1.54) is 20.8 Å². The van der Waals surface area contributed by atoms with Crippen molar-refractivity contribution in [2.75, 3.05) is 19.8 Å². The van der Waals surface area contributed by atoms with E-state index in [4.69, 9.17) is 0 Å². The van der Waals surface area contributed by atoms with E-state index in [0.29, 0.717) is 0 Å². The summed E-state index contributed by atoms with van der Waals surface area (Å²) in [6, 6.07) is 0. The van der Waals surface area contributed by atoms with Gasteiger partial charge in [-0.05, 0) is 0 Å². The van der Waals surface area contributed by atoms with Crippen molar-refractivity contribution in [1.29, 1.82) is 0 Å². The SMILES string of the molecule is CCO[O][Sn]([O]OCC)([O]OCC)[C](F)(F)F. The van der Waals surface area contributed by atoms with E-state index in [1.807, 2.05) is 0 Å². The third kappa shape index (κ3) is 5.68. The van der Waals surface area contributed by atoms with Gasteiger partial charge in [0.1, 0.15) is 0 Å². The molecule has 0 aromatic carbocycles. The summed E-state index contributed by atoms with van der Waals surface area (Å²) >= 11 is -6.07. The van der Waals surface area contributed by atoms with Crippen LogP contribution in [-0.4, -0.2) is 43.6 Å². The molecule has 0 amide bonds. The van der Waals surface area contributed by atoms with Gasteiger partial charge in [0.05, 0.1) is 0 Å². The number of hydrogen-bond acceptors (Lipinski definition) is 6. The Labute approximate surface area is 102 Å². The van der Waals surface area contributed by atoms with Crippen molar-refractivity contribution < 1.29 is 37.5 Å². The number of rotatable bonds is 9. The van der Waals surface area contributed by atoms with Crippen LogP contribution in [0.15, 0.2) is 0 Å². The third-order valence-electron chi connectivity index (χ3n) is 1.21. The standard InChI is InChI=1S/3C2H6O2.CF3.Sn/c3*1-2-4-3;2-1(3)4;/h3*3H,2H2,1H3;;/q;;;;+3/p-3. The van der Waals surface area contributed by atoms with Crippen LogP contribution in [0.4, 0.5) is 13.2 Å². The first kappa shape index (κ1) is 17.3. The van der Waals surface area contributed by atoms with Gasteiger partial charge in [-0.15, -0.1) is 0 Å². The van der Waals surface area contributed by atoms with Crippen molar-refractivity contribution >= 4 is 19.6 Å². The van der Waals surface area contributed by atoms with Crippen molar-refractivity contribution in [3.05, 3.63) is 0 Å². The molecule has 0 aliphatic rings. The molecule has 17 heavy (non-hydrogen) atoms. The predicted octanol–water partition coefficient (Wildman–Crippen LogP) is 1.93. The molecular formula is C7H15F3O6Sn. The molecule has 0 spiro atoms. The summed E-state index contributed by atoms with van der Waals surface area (Å²) in [5.74, 6) is 0. The first-order valence-corrected chi connectivity index (χ1v) is 9.84. The third-order valence-corrected chi connectivity index (χ3v) is 6.08. The number of hydrogen-bond donors (Lipinski definition) is 0. The Balaban J connectivity index is 4.78. The second kappa shape index (κ2) is 8.45. The van der Waals surface area contributed by atoms with Gasteiger partial charge in [0.2, 0.25) is 0 Å². The molecule has 0 rings (SSSR count). The molecule has 104 valence electrons. The molecule has 6 nitrogen and oxygen atoms in total. The van der Waals surface area contributed by atoms with Crippen molar-refractivity contribution in [3.8, 4) is 0 Å². The summed E-state index contributed by atoms with van der Waals surface area (Å²) in [7, 11) is 0. The zero-order valence-corrected chi connectivity index (χ0v) is 12.6. The minimum atomic E-state index is -6.07. The molecule has 0 N–H and O–H groups in total. The summed E-state index contributed by atoms with van der Waals surface area (Å²) in [4.78, 5) is 12.8. The van der Waals surface area contributed by atoms with E-state index < -0.39 is 23.8 Å². The van der Waals surface area contributed by atoms with E-state index in [0.717, 1.165) is 0 Å². The molecule has 0 aliphatic carbocycles. The van der Waals surface area contributed by atoms with E-state index in [2.05, 4.69) is 24.3 Å². The van der Waals surface area contributed by atoms with Crippen molar-refractivity contribution in [2.24, 2.45) is 0 Å². The van der Waals surface area contributed by atoms with Gasteiger partial charge in [-0.3, -0.25) is 0 Å². The second-order valence-electron chi connectivity index (χ2n) is 2.52. The molecule has 0 saturated heterocycles. The van der Waals surface area contributed by atoms with E-state index in [9.17, 15) is 13.2 Å². The maximum atomic E-state index is 12.8. The van der Waals surface area contributed by atoms with Crippen LogP contribution in [0.3, 0.4) is 0 Å². The van der Waals surface area contributed by atoms with Crippen LogP contribution in [-0.2, 0) is 24.3 Å². The fourth-order valence-electron chi connectivity index (χ4n) is 0.593. The van der Waals surface area contributed by atoms with E-state index in [-0.39, 0.29) is 19.8 Å². The van der Waals surface area contributed by atoms with E-state index in [1.54, 1.807) is 0 Å². The van der Waals surface area contributed by atoms with Crippen LogP contribution in [0, 0.1) is 0 Å². The molecule has 0 aromatic heterocycles. The average Bonchev–Trinajstić information content (AvgIpc) is 2.27. The van der Waals surface area contributed by atoms with Crippen molar-refractivity contribution in [1.82, 2.24) is 0 Å². The summed E-state index contributed by atoms with van der Waals surface area (Å²) in [5.41, 5.74) is 0. The van der Waals surface area contributed by atoms with Gasteiger partial charge >= 0.3 is 102 Å². The first-order valence-electron chi connectivity index (χ1n) is 4.92. The Kier molecular flexibility index (Phi) is 8.62. The van der Waals surface area contributed by atoms with Crippen LogP contribution in [0.2, 0.25) is 0 Å². The van der Waals surface area contributed by atoms with Crippen LogP contribution < -0.4 is 0 Å². The fraction of sp³-hybridized carbons (Fsp3) is 1.00. The Morgan fingerprint density at radius 2 is 1.06 bits per heavy atom. The Bertz CT molecular complexity index is 181. The van der Waals surface area contributed by atoms with Gasteiger partial charge in [0, 0.05) is 0 Å². The molecule has 0 atom stereocenters. The summed E-state index contributed by atoms with van der Waals surface area (Å²) < 4.78 is 46.3. The van der Waals surface area contributed by atoms with Crippen molar-refractivity contribution in [3.63, 3.8) is 0 Å². The zero-order valence-electron chi connectivity index (χ0n) is 9.70. The molecule has 0 aliphatic heterocycles. The Morgan fingerprint density at radius 3 is 1.24 bits per heavy atom. The number of alkyl halides is 3. The predicted molar refractivity (Wildman–Crippen MR) is 49.9 cm³/mol. The quantitative estimate of drug-likeness (QED) is 0.351. The molecule has 0 radical (unpaired) electrons. The summed E-state index contributed by atoms with van der Waals surface area (Å²) in [6.45, 7) is 4.07. The molecular weight excluding hydrogens is 356 g/mol. The molecule has 0 fully saturated rings. The van der Waals surface area contributed by atoms with Gasteiger partial charge in [0.25, 0.3) is 0 Å². The summed E-state index contributed by atoms with van der Waals surface area (Å²) in [5, 5.41) is 0. The van der Waals surface area contributed by atoms with Gasteiger partial charge < -0.3 is 0 Å². The van der Waals surface area contributed by atoms with E-state index >= 15 is 0 Å². The minimum absolute atomic E-state index is 0.0975. The van der Waals surface area contributed by atoms with Gasteiger partial charge in [-0.1, -0.05) is 0 Å². The molecule has 0 aromatic rings.